The van der Waals surface area contributed by atoms with E-state index in [0.717, 1.165) is 25.3 Å². The molecule has 2 aromatic heterocycles. The van der Waals surface area contributed by atoms with Gasteiger partial charge in [-0.1, -0.05) is 48.9 Å². The smallest absolute Gasteiger partial charge is 0.119 e. The SMILES string of the molecule is Cc1cc(OCCCN2CCCCC2)ccc1-c1cn2ccccc2c1-c1ccccc1. The number of pyridine rings is 1. The van der Waals surface area contributed by atoms with Crippen molar-refractivity contribution in [2.75, 3.05) is 26.2 Å². The molecule has 164 valence electrons. The van der Waals surface area contributed by atoms with E-state index in [9.17, 15) is 0 Å². The van der Waals surface area contributed by atoms with Crippen molar-refractivity contribution in [3.05, 3.63) is 84.7 Å². The van der Waals surface area contributed by atoms with Gasteiger partial charge in [-0.15, -0.1) is 0 Å². The lowest BCUT2D eigenvalue weighted by molar-refractivity contribution is 0.205. The molecular weight excluding hydrogens is 392 g/mol. The molecule has 0 saturated carbocycles. The fourth-order valence-corrected chi connectivity index (χ4v) is 4.92. The van der Waals surface area contributed by atoms with E-state index < -0.39 is 0 Å². The van der Waals surface area contributed by atoms with Crippen molar-refractivity contribution in [1.82, 2.24) is 9.30 Å². The molecule has 3 heteroatoms. The van der Waals surface area contributed by atoms with Crippen LogP contribution in [0.4, 0.5) is 0 Å². The summed E-state index contributed by atoms with van der Waals surface area (Å²) >= 11 is 0. The first-order valence-corrected chi connectivity index (χ1v) is 11.9. The Morgan fingerprint density at radius 1 is 0.844 bits per heavy atom. The zero-order valence-electron chi connectivity index (χ0n) is 19.0. The summed E-state index contributed by atoms with van der Waals surface area (Å²) in [6.45, 7) is 6.62. The molecule has 1 saturated heterocycles. The molecule has 1 aliphatic rings. The number of hydrogen-bond acceptors (Lipinski definition) is 2. The quantitative estimate of drug-likeness (QED) is 0.302. The van der Waals surface area contributed by atoms with Crippen LogP contribution in [0.1, 0.15) is 31.2 Å². The molecule has 0 amide bonds. The van der Waals surface area contributed by atoms with Gasteiger partial charge in [0.2, 0.25) is 0 Å². The van der Waals surface area contributed by atoms with Crippen LogP contribution in [-0.4, -0.2) is 35.5 Å². The Balaban J connectivity index is 1.36. The van der Waals surface area contributed by atoms with Crippen LogP contribution in [-0.2, 0) is 0 Å². The van der Waals surface area contributed by atoms with E-state index in [2.05, 4.69) is 95.3 Å². The van der Waals surface area contributed by atoms with Gasteiger partial charge in [-0.3, -0.25) is 0 Å². The van der Waals surface area contributed by atoms with Crippen LogP contribution in [0.25, 0.3) is 27.8 Å². The van der Waals surface area contributed by atoms with Crippen molar-refractivity contribution in [3.8, 4) is 28.0 Å². The van der Waals surface area contributed by atoms with Crippen LogP contribution >= 0.6 is 0 Å². The molecule has 3 nitrogen and oxygen atoms in total. The maximum absolute atomic E-state index is 6.11. The van der Waals surface area contributed by atoms with E-state index in [1.165, 1.54) is 65.7 Å². The van der Waals surface area contributed by atoms with Crippen molar-refractivity contribution in [3.63, 3.8) is 0 Å². The number of nitrogens with zero attached hydrogens (tertiary/aromatic N) is 2. The molecule has 0 bridgehead atoms. The van der Waals surface area contributed by atoms with Crippen LogP contribution in [0.15, 0.2) is 79.1 Å². The molecule has 0 aliphatic carbocycles. The first-order chi connectivity index (χ1) is 15.8. The average molecular weight is 425 g/mol. The number of aryl methyl sites for hydroxylation is 1. The van der Waals surface area contributed by atoms with E-state index in [4.69, 9.17) is 4.74 Å². The van der Waals surface area contributed by atoms with Gasteiger partial charge < -0.3 is 14.0 Å². The number of rotatable bonds is 7. The number of fused-ring (bicyclic) bond motifs is 1. The minimum atomic E-state index is 0.778. The summed E-state index contributed by atoms with van der Waals surface area (Å²) in [6.07, 6.45) is 9.55. The molecule has 2 aromatic carbocycles. The highest BCUT2D eigenvalue weighted by Crippen LogP contribution is 2.39. The van der Waals surface area contributed by atoms with Crippen LogP contribution in [0.3, 0.4) is 0 Å². The van der Waals surface area contributed by atoms with Crippen molar-refractivity contribution >= 4 is 5.52 Å². The second-order valence-electron chi connectivity index (χ2n) is 8.86. The lowest BCUT2D eigenvalue weighted by Crippen LogP contribution is -2.31. The molecule has 0 N–H and O–H groups in total. The van der Waals surface area contributed by atoms with Gasteiger partial charge in [-0.25, -0.2) is 0 Å². The molecule has 3 heterocycles. The number of piperidine rings is 1. The Morgan fingerprint density at radius 2 is 1.66 bits per heavy atom. The zero-order chi connectivity index (χ0) is 21.8. The summed E-state index contributed by atoms with van der Waals surface area (Å²) < 4.78 is 8.34. The summed E-state index contributed by atoms with van der Waals surface area (Å²) in [5.74, 6) is 0.968. The van der Waals surface area contributed by atoms with Crippen LogP contribution in [0.2, 0.25) is 0 Å². The lowest BCUT2D eigenvalue weighted by atomic mass is 9.95. The second-order valence-corrected chi connectivity index (χ2v) is 8.86. The van der Waals surface area contributed by atoms with Crippen molar-refractivity contribution in [1.29, 1.82) is 0 Å². The summed E-state index contributed by atoms with van der Waals surface area (Å²) in [4.78, 5) is 2.57. The predicted molar refractivity (Wildman–Crippen MR) is 133 cm³/mol. The van der Waals surface area contributed by atoms with Gasteiger partial charge in [0.25, 0.3) is 0 Å². The largest absolute Gasteiger partial charge is 0.494 e. The monoisotopic (exact) mass is 424 g/mol. The Kier molecular flexibility index (Phi) is 6.27. The van der Waals surface area contributed by atoms with Gasteiger partial charge in [0, 0.05) is 30.1 Å². The summed E-state index contributed by atoms with van der Waals surface area (Å²) in [5.41, 5.74) is 7.51. The first-order valence-electron chi connectivity index (χ1n) is 11.9. The van der Waals surface area contributed by atoms with Crippen molar-refractivity contribution in [2.45, 2.75) is 32.6 Å². The Morgan fingerprint density at radius 3 is 2.47 bits per heavy atom. The number of hydrogen-bond donors (Lipinski definition) is 0. The minimum absolute atomic E-state index is 0.778. The normalized spacial score (nSPS) is 14.7. The molecule has 1 aliphatic heterocycles. The third-order valence-electron chi connectivity index (χ3n) is 6.57. The van der Waals surface area contributed by atoms with E-state index in [-0.39, 0.29) is 0 Å². The first kappa shape index (κ1) is 20.8. The maximum Gasteiger partial charge on any atom is 0.119 e. The maximum atomic E-state index is 6.11. The van der Waals surface area contributed by atoms with Crippen LogP contribution < -0.4 is 4.74 Å². The highest BCUT2D eigenvalue weighted by Gasteiger charge is 2.16. The Bertz CT molecular complexity index is 1170. The molecular formula is C29H32N2O. The highest BCUT2D eigenvalue weighted by molar-refractivity contribution is 5.95. The third-order valence-corrected chi connectivity index (χ3v) is 6.57. The van der Waals surface area contributed by atoms with Gasteiger partial charge in [-0.2, -0.15) is 0 Å². The van der Waals surface area contributed by atoms with E-state index >= 15 is 0 Å². The zero-order valence-corrected chi connectivity index (χ0v) is 19.0. The van der Waals surface area contributed by atoms with Gasteiger partial charge >= 0.3 is 0 Å². The molecule has 0 unspecified atom stereocenters. The summed E-state index contributed by atoms with van der Waals surface area (Å²) in [6, 6.07) is 23.6. The molecule has 32 heavy (non-hydrogen) atoms. The third kappa shape index (κ3) is 4.44. The minimum Gasteiger partial charge on any atom is -0.494 e. The fraction of sp³-hybridized carbons (Fsp3) is 0.310. The Hall–Kier alpha value is -3.04. The van der Waals surface area contributed by atoms with E-state index in [1.807, 2.05) is 0 Å². The summed E-state index contributed by atoms with van der Waals surface area (Å²) in [7, 11) is 0. The highest BCUT2D eigenvalue weighted by atomic mass is 16.5. The van der Waals surface area contributed by atoms with Gasteiger partial charge in [0.15, 0.2) is 0 Å². The molecule has 1 fully saturated rings. The molecule has 5 rings (SSSR count). The number of benzene rings is 2. The van der Waals surface area contributed by atoms with E-state index in [1.54, 1.807) is 0 Å². The summed E-state index contributed by atoms with van der Waals surface area (Å²) in [5, 5.41) is 0. The second kappa shape index (κ2) is 9.62. The molecule has 0 radical (unpaired) electrons. The number of ether oxygens (including phenoxy) is 1. The average Bonchev–Trinajstić information content (AvgIpc) is 3.22. The standard InChI is InChI=1S/C29H32N2O/c1-23-21-25(32-20-10-18-30-16-7-3-8-17-30)14-15-26(23)27-22-31-19-9-6-13-28(31)29(27)24-11-4-2-5-12-24/h2,4-6,9,11-15,19,21-22H,3,7-8,10,16-18,20H2,1H3. The van der Waals surface area contributed by atoms with E-state index in [0.29, 0.717) is 0 Å². The van der Waals surface area contributed by atoms with Gasteiger partial charge in [0.1, 0.15) is 5.75 Å². The topological polar surface area (TPSA) is 16.9 Å². The van der Waals surface area contributed by atoms with Crippen LogP contribution in [0, 0.1) is 6.92 Å². The molecule has 0 atom stereocenters. The fourth-order valence-electron chi connectivity index (χ4n) is 4.92. The van der Waals surface area contributed by atoms with Crippen LogP contribution in [0.5, 0.6) is 5.75 Å². The Labute approximate surface area is 191 Å². The van der Waals surface area contributed by atoms with Gasteiger partial charge in [0.05, 0.1) is 12.1 Å². The van der Waals surface area contributed by atoms with Crippen molar-refractivity contribution in [2.24, 2.45) is 0 Å². The predicted octanol–water partition coefficient (Wildman–Crippen LogP) is 6.84. The van der Waals surface area contributed by atoms with Crippen molar-refractivity contribution < 1.29 is 4.74 Å². The molecule has 4 aromatic rings. The number of likely N-dealkylation sites (tertiary alicyclic amines) is 1. The van der Waals surface area contributed by atoms with Gasteiger partial charge in [-0.05, 0) is 80.2 Å². The number of aromatic nitrogens is 1. The molecule has 0 spiro atoms. The lowest BCUT2D eigenvalue weighted by Gasteiger charge is -2.26.